The Morgan fingerprint density at radius 1 is 1.29 bits per heavy atom. The van der Waals surface area contributed by atoms with Gasteiger partial charge in [0.25, 0.3) is 0 Å². The highest BCUT2D eigenvalue weighted by Crippen LogP contribution is 2.35. The molecule has 1 N–H and O–H groups in total. The summed E-state index contributed by atoms with van der Waals surface area (Å²) in [6.45, 7) is 3.49. The van der Waals surface area contributed by atoms with Crippen LogP contribution in [0.1, 0.15) is 26.2 Å². The van der Waals surface area contributed by atoms with E-state index in [0.29, 0.717) is 12.1 Å². The first-order valence-corrected chi connectivity index (χ1v) is 8.15. The van der Waals surface area contributed by atoms with Crippen molar-refractivity contribution in [2.24, 2.45) is 0 Å². The summed E-state index contributed by atoms with van der Waals surface area (Å²) >= 11 is 6.27. The van der Waals surface area contributed by atoms with Crippen molar-refractivity contribution in [3.05, 3.63) is 35.5 Å². The van der Waals surface area contributed by atoms with E-state index in [0.717, 1.165) is 34.2 Å². The lowest BCUT2D eigenvalue weighted by Crippen LogP contribution is -2.31. The van der Waals surface area contributed by atoms with Crippen LogP contribution in [0.3, 0.4) is 0 Å². The first-order chi connectivity index (χ1) is 10.2. The molecule has 2 aliphatic rings. The molecule has 1 saturated heterocycles. The molecule has 2 atom stereocenters. The molecule has 2 aromatic rings. The second-order valence-corrected chi connectivity index (χ2v) is 6.76. The van der Waals surface area contributed by atoms with Crippen molar-refractivity contribution >= 4 is 28.2 Å². The lowest BCUT2D eigenvalue weighted by atomic mass is 10.1. The number of halogens is 1. The third-order valence-corrected chi connectivity index (χ3v) is 5.04. The van der Waals surface area contributed by atoms with Crippen LogP contribution in [0.15, 0.2) is 30.5 Å². The molecule has 4 rings (SSSR count). The maximum atomic E-state index is 6.27. The molecule has 2 unspecified atom stereocenters. The fraction of sp³-hybridized carbons (Fsp3) is 0.471. The van der Waals surface area contributed by atoms with E-state index in [1.807, 2.05) is 24.4 Å². The lowest BCUT2D eigenvalue weighted by molar-refractivity contribution is 0.257. The number of hydrogen-bond acceptors (Lipinski definition) is 3. The van der Waals surface area contributed by atoms with E-state index in [-0.39, 0.29) is 0 Å². The Morgan fingerprint density at radius 2 is 2.14 bits per heavy atom. The minimum Gasteiger partial charge on any atom is -0.379 e. The molecular formula is C17H20ClN3. The molecule has 0 spiro atoms. The van der Waals surface area contributed by atoms with Crippen LogP contribution in [0.4, 0.5) is 5.69 Å². The zero-order valence-corrected chi connectivity index (χ0v) is 13.0. The minimum absolute atomic E-state index is 0.506. The molecule has 4 heteroatoms. The number of fused-ring (bicyclic) bond motifs is 1. The molecule has 1 aliphatic heterocycles. The average Bonchev–Trinajstić information content (AvgIpc) is 3.27. The molecule has 1 aliphatic carbocycles. The van der Waals surface area contributed by atoms with Gasteiger partial charge in [-0.05, 0) is 50.5 Å². The van der Waals surface area contributed by atoms with Crippen molar-refractivity contribution in [2.45, 2.75) is 44.3 Å². The summed E-state index contributed by atoms with van der Waals surface area (Å²) in [5, 5.41) is 5.48. The largest absolute Gasteiger partial charge is 0.379 e. The Bertz CT molecular complexity index is 668. The summed E-state index contributed by atoms with van der Waals surface area (Å²) in [6.07, 6.45) is 5.79. The number of pyridine rings is 1. The number of rotatable bonds is 3. The summed E-state index contributed by atoms with van der Waals surface area (Å²) in [6, 6.07) is 10.0. The van der Waals surface area contributed by atoms with Crippen LogP contribution in [0.5, 0.6) is 0 Å². The Labute approximate surface area is 130 Å². The standard InChI is InChI=1S/C17H20ClN3/c1-11-9-12(10-21(11)13-4-5-13)20-16-7-6-15(18)14-3-2-8-19-17(14)16/h2-3,6-8,11-13,20H,4-5,9-10H2,1H3. The summed E-state index contributed by atoms with van der Waals surface area (Å²) in [4.78, 5) is 7.16. The highest BCUT2D eigenvalue weighted by Gasteiger charge is 2.38. The molecule has 1 aromatic carbocycles. The topological polar surface area (TPSA) is 28.2 Å². The summed E-state index contributed by atoms with van der Waals surface area (Å²) in [7, 11) is 0. The van der Waals surface area contributed by atoms with Gasteiger partial charge in [-0.3, -0.25) is 9.88 Å². The molecule has 0 radical (unpaired) electrons. The van der Waals surface area contributed by atoms with Gasteiger partial charge in [0.1, 0.15) is 0 Å². The van der Waals surface area contributed by atoms with E-state index < -0.39 is 0 Å². The molecule has 110 valence electrons. The summed E-state index contributed by atoms with van der Waals surface area (Å²) in [5.74, 6) is 0. The first kappa shape index (κ1) is 13.4. The number of likely N-dealkylation sites (tertiary alicyclic amines) is 1. The number of anilines is 1. The molecule has 0 amide bonds. The van der Waals surface area contributed by atoms with Crippen molar-refractivity contribution in [2.75, 3.05) is 11.9 Å². The molecule has 2 heterocycles. The number of nitrogens with zero attached hydrogens (tertiary/aromatic N) is 2. The fourth-order valence-electron chi connectivity index (χ4n) is 3.55. The average molecular weight is 302 g/mol. The predicted octanol–water partition coefficient (Wildman–Crippen LogP) is 3.93. The molecule has 1 saturated carbocycles. The first-order valence-electron chi connectivity index (χ1n) is 7.78. The number of aromatic nitrogens is 1. The lowest BCUT2D eigenvalue weighted by Gasteiger charge is -2.20. The highest BCUT2D eigenvalue weighted by atomic mass is 35.5. The molecule has 2 fully saturated rings. The highest BCUT2D eigenvalue weighted by molar-refractivity contribution is 6.35. The smallest absolute Gasteiger partial charge is 0.0948 e. The Kier molecular flexibility index (Phi) is 3.27. The van der Waals surface area contributed by atoms with Crippen LogP contribution in [0.2, 0.25) is 5.02 Å². The van der Waals surface area contributed by atoms with Crippen LogP contribution >= 0.6 is 11.6 Å². The third kappa shape index (κ3) is 2.49. The molecular weight excluding hydrogens is 282 g/mol. The zero-order valence-electron chi connectivity index (χ0n) is 12.2. The summed E-state index contributed by atoms with van der Waals surface area (Å²) < 4.78 is 0. The monoisotopic (exact) mass is 301 g/mol. The Morgan fingerprint density at radius 3 is 2.95 bits per heavy atom. The van der Waals surface area contributed by atoms with Crippen LogP contribution in [-0.4, -0.2) is 34.6 Å². The molecule has 1 aromatic heterocycles. The predicted molar refractivity (Wildman–Crippen MR) is 88.0 cm³/mol. The van der Waals surface area contributed by atoms with E-state index >= 15 is 0 Å². The van der Waals surface area contributed by atoms with Crippen molar-refractivity contribution < 1.29 is 0 Å². The SMILES string of the molecule is CC1CC(Nc2ccc(Cl)c3cccnc23)CN1C1CC1. The Hall–Kier alpha value is -1.32. The zero-order chi connectivity index (χ0) is 14.4. The van der Waals surface area contributed by atoms with Crippen molar-refractivity contribution in [3.63, 3.8) is 0 Å². The van der Waals surface area contributed by atoms with Crippen LogP contribution in [0.25, 0.3) is 10.9 Å². The maximum Gasteiger partial charge on any atom is 0.0948 e. The second-order valence-electron chi connectivity index (χ2n) is 6.35. The van der Waals surface area contributed by atoms with E-state index in [1.54, 1.807) is 0 Å². The van der Waals surface area contributed by atoms with Gasteiger partial charge >= 0.3 is 0 Å². The van der Waals surface area contributed by atoms with Gasteiger partial charge in [-0.15, -0.1) is 0 Å². The number of nitrogens with one attached hydrogen (secondary N) is 1. The van der Waals surface area contributed by atoms with E-state index in [9.17, 15) is 0 Å². The van der Waals surface area contributed by atoms with Gasteiger partial charge in [0.15, 0.2) is 0 Å². The van der Waals surface area contributed by atoms with Gasteiger partial charge in [-0.25, -0.2) is 0 Å². The number of hydrogen-bond donors (Lipinski definition) is 1. The molecule has 21 heavy (non-hydrogen) atoms. The van der Waals surface area contributed by atoms with Crippen LogP contribution in [-0.2, 0) is 0 Å². The van der Waals surface area contributed by atoms with Gasteiger partial charge in [-0.2, -0.15) is 0 Å². The molecule has 3 nitrogen and oxygen atoms in total. The van der Waals surface area contributed by atoms with Crippen LogP contribution in [0, 0.1) is 0 Å². The van der Waals surface area contributed by atoms with Gasteiger partial charge in [0, 0.05) is 36.3 Å². The van der Waals surface area contributed by atoms with Crippen molar-refractivity contribution in [1.29, 1.82) is 0 Å². The van der Waals surface area contributed by atoms with Gasteiger partial charge in [-0.1, -0.05) is 11.6 Å². The summed E-state index contributed by atoms with van der Waals surface area (Å²) in [5.41, 5.74) is 2.08. The minimum atomic E-state index is 0.506. The van der Waals surface area contributed by atoms with E-state index in [4.69, 9.17) is 11.6 Å². The van der Waals surface area contributed by atoms with Gasteiger partial charge in [0.2, 0.25) is 0 Å². The van der Waals surface area contributed by atoms with E-state index in [1.165, 1.54) is 19.3 Å². The second kappa shape index (κ2) is 5.15. The maximum absolute atomic E-state index is 6.27. The number of benzene rings is 1. The van der Waals surface area contributed by atoms with Gasteiger partial charge in [0.05, 0.1) is 16.2 Å². The van der Waals surface area contributed by atoms with E-state index in [2.05, 4.69) is 28.2 Å². The fourth-order valence-corrected chi connectivity index (χ4v) is 3.77. The quantitative estimate of drug-likeness (QED) is 0.931. The van der Waals surface area contributed by atoms with Crippen LogP contribution < -0.4 is 5.32 Å². The molecule has 0 bridgehead atoms. The van der Waals surface area contributed by atoms with Crippen molar-refractivity contribution in [3.8, 4) is 0 Å². The Balaban J connectivity index is 1.59. The van der Waals surface area contributed by atoms with Gasteiger partial charge < -0.3 is 5.32 Å². The normalized spacial score (nSPS) is 26.4. The third-order valence-electron chi connectivity index (χ3n) is 4.71. The van der Waals surface area contributed by atoms with Crippen molar-refractivity contribution in [1.82, 2.24) is 9.88 Å².